The Morgan fingerprint density at radius 1 is 1.19 bits per heavy atom. The Balaban J connectivity index is 2.05. The van der Waals surface area contributed by atoms with E-state index in [0.717, 1.165) is 29.2 Å². The minimum absolute atomic E-state index is 0.0783. The van der Waals surface area contributed by atoms with Crippen molar-refractivity contribution in [2.45, 2.75) is 46.1 Å². The van der Waals surface area contributed by atoms with Gasteiger partial charge in [-0.2, -0.15) is 0 Å². The Kier molecular flexibility index (Phi) is 3.58. The summed E-state index contributed by atoms with van der Waals surface area (Å²) in [6.07, 6.45) is 6.63. The van der Waals surface area contributed by atoms with Crippen molar-refractivity contribution in [3.8, 4) is 0 Å². The fourth-order valence-electron chi connectivity index (χ4n) is 3.68. The number of allylic oxidation sites excluding steroid dienone is 1. The molecule has 1 aliphatic carbocycles. The molecule has 0 saturated heterocycles. The van der Waals surface area contributed by atoms with Crippen molar-refractivity contribution in [1.29, 1.82) is 0 Å². The normalized spacial score (nSPS) is 19.8. The summed E-state index contributed by atoms with van der Waals surface area (Å²) in [4.78, 5) is 4.14. The van der Waals surface area contributed by atoms with Crippen LogP contribution in [0.15, 0.2) is 47.8 Å². The highest BCUT2D eigenvalue weighted by Gasteiger charge is 2.33. The molecule has 0 aliphatic heterocycles. The molecule has 1 unspecified atom stereocenters. The molecule has 1 atom stereocenters. The van der Waals surface area contributed by atoms with Gasteiger partial charge in [-0.1, -0.05) is 31.6 Å². The van der Waals surface area contributed by atoms with Crippen molar-refractivity contribution < 1.29 is 5.11 Å². The van der Waals surface area contributed by atoms with Crippen molar-refractivity contribution in [2.75, 3.05) is 0 Å². The molecular formula is C19H23NO. The fraction of sp³-hybridized carbons (Fsp3) is 0.421. The van der Waals surface area contributed by atoms with Crippen LogP contribution in [-0.2, 0) is 0 Å². The molecule has 0 saturated carbocycles. The van der Waals surface area contributed by atoms with Crippen LogP contribution >= 0.6 is 0 Å². The smallest absolute Gasteiger partial charge is 0.101 e. The van der Waals surface area contributed by atoms with Crippen LogP contribution in [0.2, 0.25) is 0 Å². The summed E-state index contributed by atoms with van der Waals surface area (Å²) in [5.74, 6) is 0. The van der Waals surface area contributed by atoms with Gasteiger partial charge < -0.3 is 5.11 Å². The third kappa shape index (κ3) is 2.60. The molecule has 110 valence electrons. The third-order valence-electron chi connectivity index (χ3n) is 4.80. The van der Waals surface area contributed by atoms with Crippen LogP contribution in [0.3, 0.4) is 0 Å². The number of aliphatic hydroxyl groups excluding tert-OH is 1. The number of hydrogen-bond acceptors (Lipinski definition) is 2. The van der Waals surface area contributed by atoms with E-state index in [0.29, 0.717) is 0 Å². The summed E-state index contributed by atoms with van der Waals surface area (Å²) in [5.41, 5.74) is 3.63. The van der Waals surface area contributed by atoms with Crippen molar-refractivity contribution in [2.24, 2.45) is 5.41 Å². The van der Waals surface area contributed by atoms with Gasteiger partial charge in [-0.05, 0) is 60.3 Å². The van der Waals surface area contributed by atoms with Crippen LogP contribution in [0.1, 0.15) is 51.7 Å². The van der Waals surface area contributed by atoms with E-state index in [1.54, 1.807) is 6.20 Å². The van der Waals surface area contributed by atoms with Gasteiger partial charge in [0.15, 0.2) is 0 Å². The molecule has 0 amide bonds. The fourth-order valence-corrected chi connectivity index (χ4v) is 3.68. The van der Waals surface area contributed by atoms with Crippen LogP contribution in [0, 0.1) is 5.41 Å². The molecular weight excluding hydrogens is 258 g/mol. The first-order valence-electron chi connectivity index (χ1n) is 7.71. The lowest BCUT2D eigenvalue weighted by Gasteiger charge is -2.37. The van der Waals surface area contributed by atoms with Crippen LogP contribution < -0.4 is 0 Å². The lowest BCUT2D eigenvalue weighted by atomic mass is 9.69. The van der Waals surface area contributed by atoms with E-state index in [4.69, 9.17) is 0 Å². The number of pyridine rings is 1. The summed E-state index contributed by atoms with van der Waals surface area (Å²) in [6, 6.07) is 8.16. The zero-order chi connectivity index (χ0) is 15.0. The molecule has 21 heavy (non-hydrogen) atoms. The second kappa shape index (κ2) is 5.27. The average Bonchev–Trinajstić information content (AvgIpc) is 2.45. The summed E-state index contributed by atoms with van der Waals surface area (Å²) in [6.45, 7) is 6.67. The maximum absolute atomic E-state index is 10.9. The zero-order valence-corrected chi connectivity index (χ0v) is 13.1. The first-order valence-corrected chi connectivity index (χ1v) is 7.71. The van der Waals surface area contributed by atoms with Crippen LogP contribution in [0.4, 0.5) is 0 Å². The number of fused-ring (bicyclic) bond motifs is 1. The van der Waals surface area contributed by atoms with E-state index < -0.39 is 6.10 Å². The number of nitrogens with zero attached hydrogens (tertiary/aromatic N) is 1. The maximum Gasteiger partial charge on any atom is 0.101 e. The van der Waals surface area contributed by atoms with Crippen molar-refractivity contribution in [3.05, 3.63) is 53.4 Å². The highest BCUT2D eigenvalue weighted by molar-refractivity contribution is 5.82. The standard InChI is InChI=1S/C19H23NO/c1-13-5-4-9-19(2,3)17(13)18(21)15-6-7-16-12-20-10-8-14(16)11-15/h6-8,10-12,18,21H,4-5,9H2,1-3H3. The second-order valence-electron chi connectivity index (χ2n) is 6.82. The molecule has 2 aromatic rings. The first kappa shape index (κ1) is 14.3. The van der Waals surface area contributed by atoms with Gasteiger partial charge in [0.1, 0.15) is 6.10 Å². The van der Waals surface area contributed by atoms with Crippen LogP contribution in [0.5, 0.6) is 0 Å². The second-order valence-corrected chi connectivity index (χ2v) is 6.82. The van der Waals surface area contributed by atoms with Gasteiger partial charge in [0.05, 0.1) is 0 Å². The first-order chi connectivity index (χ1) is 9.99. The summed E-state index contributed by atoms with van der Waals surface area (Å²) in [5, 5.41) is 13.2. The number of aliphatic hydroxyl groups is 1. The Morgan fingerprint density at radius 2 is 2.00 bits per heavy atom. The van der Waals surface area contributed by atoms with Gasteiger partial charge >= 0.3 is 0 Å². The minimum Gasteiger partial charge on any atom is -0.384 e. The maximum atomic E-state index is 10.9. The van der Waals surface area contributed by atoms with Gasteiger partial charge in [0.2, 0.25) is 0 Å². The largest absolute Gasteiger partial charge is 0.384 e. The Morgan fingerprint density at radius 3 is 2.76 bits per heavy atom. The molecule has 0 spiro atoms. The summed E-state index contributed by atoms with van der Waals surface area (Å²) < 4.78 is 0. The minimum atomic E-state index is -0.502. The van der Waals surface area contributed by atoms with E-state index in [1.165, 1.54) is 17.6 Å². The molecule has 1 N–H and O–H groups in total. The van der Waals surface area contributed by atoms with Gasteiger partial charge in [0.25, 0.3) is 0 Å². The van der Waals surface area contributed by atoms with Gasteiger partial charge in [-0.15, -0.1) is 0 Å². The summed E-state index contributed by atoms with van der Waals surface area (Å²) >= 11 is 0. The number of benzene rings is 1. The quantitative estimate of drug-likeness (QED) is 0.802. The SMILES string of the molecule is CC1=C(C(O)c2ccc3cnccc3c2)C(C)(C)CCC1. The van der Waals surface area contributed by atoms with Crippen LogP contribution in [-0.4, -0.2) is 10.1 Å². The molecule has 0 fully saturated rings. The van der Waals surface area contributed by atoms with E-state index in [-0.39, 0.29) is 5.41 Å². The number of rotatable bonds is 2. The summed E-state index contributed by atoms with van der Waals surface area (Å²) in [7, 11) is 0. The molecule has 3 rings (SSSR count). The van der Waals surface area contributed by atoms with E-state index in [2.05, 4.69) is 31.8 Å². The highest BCUT2D eigenvalue weighted by atomic mass is 16.3. The lowest BCUT2D eigenvalue weighted by Crippen LogP contribution is -2.25. The topological polar surface area (TPSA) is 33.1 Å². The van der Waals surface area contributed by atoms with Crippen molar-refractivity contribution in [3.63, 3.8) is 0 Å². The third-order valence-corrected chi connectivity index (χ3v) is 4.80. The lowest BCUT2D eigenvalue weighted by molar-refractivity contribution is 0.171. The monoisotopic (exact) mass is 281 g/mol. The van der Waals surface area contributed by atoms with Gasteiger partial charge in [-0.3, -0.25) is 4.98 Å². The zero-order valence-electron chi connectivity index (χ0n) is 13.1. The molecule has 0 radical (unpaired) electrons. The Labute approximate surface area is 126 Å². The predicted octanol–water partition coefficient (Wildman–Crippen LogP) is 4.79. The van der Waals surface area contributed by atoms with Gasteiger partial charge in [-0.25, -0.2) is 0 Å². The predicted molar refractivity (Wildman–Crippen MR) is 87.0 cm³/mol. The van der Waals surface area contributed by atoms with Crippen molar-refractivity contribution >= 4 is 10.8 Å². The Hall–Kier alpha value is -1.67. The average molecular weight is 281 g/mol. The molecule has 1 aromatic carbocycles. The molecule has 1 aliphatic rings. The molecule has 0 bridgehead atoms. The van der Waals surface area contributed by atoms with Crippen LogP contribution in [0.25, 0.3) is 10.8 Å². The molecule has 1 heterocycles. The van der Waals surface area contributed by atoms with E-state index in [1.807, 2.05) is 24.4 Å². The van der Waals surface area contributed by atoms with E-state index >= 15 is 0 Å². The molecule has 2 nitrogen and oxygen atoms in total. The van der Waals surface area contributed by atoms with E-state index in [9.17, 15) is 5.11 Å². The Bertz CT molecular complexity index is 700. The van der Waals surface area contributed by atoms with Gasteiger partial charge in [0, 0.05) is 17.8 Å². The molecule has 2 heteroatoms. The number of hydrogen-bond donors (Lipinski definition) is 1. The highest BCUT2D eigenvalue weighted by Crippen LogP contribution is 2.46. The molecule has 1 aromatic heterocycles. The van der Waals surface area contributed by atoms with Crippen molar-refractivity contribution in [1.82, 2.24) is 4.98 Å². The number of aromatic nitrogens is 1.